The Morgan fingerprint density at radius 1 is 0.805 bits per heavy atom. The average molecular weight is 560 g/mol. The van der Waals surface area contributed by atoms with Gasteiger partial charge in [-0.05, 0) is 74.6 Å². The smallest absolute Gasteiger partial charge is 0.251 e. The van der Waals surface area contributed by atoms with Gasteiger partial charge < -0.3 is 16.0 Å². The van der Waals surface area contributed by atoms with Crippen molar-refractivity contribution in [2.75, 3.05) is 6.54 Å². The number of Topliss-reactive ketones (excluding diaryl/α,β-unsaturated/α-hetero) is 1. The van der Waals surface area contributed by atoms with Crippen LogP contribution in [0.25, 0.3) is 11.1 Å². The fourth-order valence-corrected chi connectivity index (χ4v) is 4.29. The highest BCUT2D eigenvalue weighted by atomic mass is 19.1. The number of halogens is 1. The molecular weight excluding hydrogens is 521 g/mol. The van der Waals surface area contributed by atoms with Gasteiger partial charge in [-0.15, -0.1) is 0 Å². The van der Waals surface area contributed by atoms with E-state index in [1.54, 1.807) is 30.3 Å². The fraction of sp³-hybridized carbons (Fsp3) is 0.333. The second-order valence-corrected chi connectivity index (χ2v) is 11.0. The van der Waals surface area contributed by atoms with E-state index in [4.69, 9.17) is 0 Å². The molecule has 0 aliphatic rings. The first kappa shape index (κ1) is 31.2. The molecule has 7 nitrogen and oxygen atoms in total. The van der Waals surface area contributed by atoms with Crippen molar-refractivity contribution in [3.63, 3.8) is 0 Å². The molecule has 1 atom stereocenters. The first-order valence-corrected chi connectivity index (χ1v) is 13.8. The van der Waals surface area contributed by atoms with Crippen LogP contribution in [0.15, 0.2) is 78.9 Å². The molecule has 0 spiro atoms. The number of carbonyl (C=O) groups is 4. The maximum Gasteiger partial charge on any atom is 0.251 e. The van der Waals surface area contributed by atoms with Crippen LogP contribution < -0.4 is 16.0 Å². The van der Waals surface area contributed by atoms with Gasteiger partial charge in [0, 0.05) is 30.5 Å². The highest BCUT2D eigenvalue weighted by Gasteiger charge is 2.25. The van der Waals surface area contributed by atoms with E-state index < -0.39 is 11.6 Å². The van der Waals surface area contributed by atoms with Gasteiger partial charge in [0.15, 0.2) is 5.78 Å². The number of rotatable bonds is 13. The summed E-state index contributed by atoms with van der Waals surface area (Å²) in [6.07, 6.45) is 0.995. The van der Waals surface area contributed by atoms with Crippen LogP contribution in [0.2, 0.25) is 0 Å². The monoisotopic (exact) mass is 559 g/mol. The number of carbonyl (C=O) groups excluding carboxylic acids is 4. The maximum absolute atomic E-state index is 13.2. The third kappa shape index (κ3) is 11.0. The molecule has 0 unspecified atom stereocenters. The lowest BCUT2D eigenvalue weighted by molar-refractivity contribution is -0.131. The number of amides is 3. The zero-order chi connectivity index (χ0) is 29.8. The van der Waals surface area contributed by atoms with E-state index in [1.807, 2.05) is 57.2 Å². The minimum absolute atomic E-state index is 0.0856. The summed E-state index contributed by atoms with van der Waals surface area (Å²) in [5, 5.41) is 8.40. The Labute approximate surface area is 240 Å². The van der Waals surface area contributed by atoms with Crippen molar-refractivity contribution in [2.45, 2.75) is 64.5 Å². The van der Waals surface area contributed by atoms with E-state index in [0.717, 1.165) is 16.7 Å². The molecule has 0 bridgehead atoms. The van der Waals surface area contributed by atoms with E-state index in [0.29, 0.717) is 18.4 Å². The molecule has 0 aliphatic heterocycles. The van der Waals surface area contributed by atoms with Crippen LogP contribution in [0.3, 0.4) is 0 Å². The molecule has 3 N–H and O–H groups in total. The Hall–Kier alpha value is -4.33. The Bertz CT molecular complexity index is 1330. The minimum Gasteiger partial charge on any atom is -0.352 e. The van der Waals surface area contributed by atoms with E-state index >= 15 is 0 Å². The highest BCUT2D eigenvalue weighted by Crippen LogP contribution is 2.21. The maximum atomic E-state index is 13.2. The molecule has 0 saturated heterocycles. The van der Waals surface area contributed by atoms with Gasteiger partial charge in [-0.3, -0.25) is 19.2 Å². The summed E-state index contributed by atoms with van der Waals surface area (Å²) in [6.45, 7) is 5.78. The van der Waals surface area contributed by atoms with Gasteiger partial charge in [-0.25, -0.2) is 4.39 Å². The molecule has 0 aromatic heterocycles. The van der Waals surface area contributed by atoms with Gasteiger partial charge >= 0.3 is 0 Å². The van der Waals surface area contributed by atoms with Gasteiger partial charge in [-0.2, -0.15) is 0 Å². The summed E-state index contributed by atoms with van der Waals surface area (Å²) in [5.41, 5.74) is 2.56. The van der Waals surface area contributed by atoms with Crippen molar-refractivity contribution in [3.8, 4) is 11.1 Å². The van der Waals surface area contributed by atoms with Crippen molar-refractivity contribution in [2.24, 2.45) is 0 Å². The van der Waals surface area contributed by atoms with Crippen molar-refractivity contribution in [3.05, 3.63) is 95.8 Å². The van der Waals surface area contributed by atoms with Crippen molar-refractivity contribution in [1.29, 1.82) is 0 Å². The van der Waals surface area contributed by atoms with Crippen LogP contribution >= 0.6 is 0 Å². The number of aryl methyl sites for hydroxylation is 1. The zero-order valence-electron chi connectivity index (χ0n) is 23.8. The van der Waals surface area contributed by atoms with E-state index in [2.05, 4.69) is 16.0 Å². The average Bonchev–Trinajstić information content (AvgIpc) is 2.93. The molecule has 0 saturated carbocycles. The van der Waals surface area contributed by atoms with Crippen LogP contribution in [-0.2, 0) is 20.8 Å². The second kappa shape index (κ2) is 14.9. The largest absolute Gasteiger partial charge is 0.352 e. The Balaban J connectivity index is 1.53. The van der Waals surface area contributed by atoms with Crippen LogP contribution in [0.5, 0.6) is 0 Å². The first-order valence-electron chi connectivity index (χ1n) is 13.8. The third-order valence-corrected chi connectivity index (χ3v) is 6.30. The molecule has 41 heavy (non-hydrogen) atoms. The van der Waals surface area contributed by atoms with Gasteiger partial charge in [0.05, 0.1) is 12.5 Å². The van der Waals surface area contributed by atoms with E-state index in [1.165, 1.54) is 12.1 Å². The van der Waals surface area contributed by atoms with Crippen LogP contribution in [0, 0.1) is 5.82 Å². The van der Waals surface area contributed by atoms with Gasteiger partial charge in [0.25, 0.3) is 5.91 Å². The molecule has 3 rings (SSSR count). The summed E-state index contributed by atoms with van der Waals surface area (Å²) in [5.74, 6) is -1.52. The first-order chi connectivity index (χ1) is 19.5. The van der Waals surface area contributed by atoms with Crippen molar-refractivity contribution in [1.82, 2.24) is 16.0 Å². The predicted molar refractivity (Wildman–Crippen MR) is 158 cm³/mol. The Morgan fingerprint density at radius 2 is 1.51 bits per heavy atom. The lowest BCUT2D eigenvalue weighted by Gasteiger charge is -2.23. The quantitative estimate of drug-likeness (QED) is 0.257. The molecule has 3 aromatic carbocycles. The highest BCUT2D eigenvalue weighted by molar-refractivity contribution is 5.96. The number of ketones is 1. The zero-order valence-corrected chi connectivity index (χ0v) is 23.8. The Kier molecular flexibility index (Phi) is 11.3. The summed E-state index contributed by atoms with van der Waals surface area (Å²) < 4.78 is 13.2. The number of nitrogens with one attached hydrogen (secondary N) is 3. The lowest BCUT2D eigenvalue weighted by atomic mass is 10.0. The SMILES string of the molecule is CC(C)(C)NC(=O)C[C@H](NC(=O)CCc1ccccc1)C(=O)CCCNC(=O)c1cccc(-c2ccc(F)cc2)c1. The van der Waals surface area contributed by atoms with Crippen molar-refractivity contribution >= 4 is 23.5 Å². The molecule has 216 valence electrons. The van der Waals surface area contributed by atoms with Crippen molar-refractivity contribution < 1.29 is 23.6 Å². The number of hydrogen-bond donors (Lipinski definition) is 3. The van der Waals surface area contributed by atoms with Gasteiger partial charge in [0.2, 0.25) is 11.8 Å². The summed E-state index contributed by atoms with van der Waals surface area (Å²) in [7, 11) is 0. The van der Waals surface area contributed by atoms with Crippen LogP contribution in [0.4, 0.5) is 4.39 Å². The number of hydrogen-bond acceptors (Lipinski definition) is 4. The standard InChI is InChI=1S/C33H38FN3O4/c1-33(2,3)37-31(40)22-28(36-30(39)19-14-23-9-5-4-6-10-23)29(38)13-8-20-35-32(41)26-12-7-11-25(21-26)24-15-17-27(34)18-16-24/h4-7,9-12,15-18,21,28H,8,13-14,19-20,22H2,1-3H3,(H,35,41)(H,36,39)(H,37,40)/t28-/m0/s1. The molecule has 0 fully saturated rings. The third-order valence-electron chi connectivity index (χ3n) is 6.30. The normalized spacial score (nSPS) is 11.8. The molecular formula is C33H38FN3O4. The fourth-order valence-electron chi connectivity index (χ4n) is 4.29. The molecule has 0 aliphatic carbocycles. The summed E-state index contributed by atoms with van der Waals surface area (Å²) in [6, 6.07) is 21.6. The predicted octanol–water partition coefficient (Wildman–Crippen LogP) is 4.99. The summed E-state index contributed by atoms with van der Waals surface area (Å²) >= 11 is 0. The molecule has 3 amide bonds. The molecule has 3 aromatic rings. The van der Waals surface area contributed by atoms with Gasteiger partial charge in [-0.1, -0.05) is 54.6 Å². The topological polar surface area (TPSA) is 104 Å². The minimum atomic E-state index is -0.955. The van der Waals surface area contributed by atoms with Crippen LogP contribution in [-0.4, -0.2) is 41.6 Å². The van der Waals surface area contributed by atoms with Gasteiger partial charge in [0.1, 0.15) is 5.82 Å². The molecule has 0 radical (unpaired) electrons. The van der Waals surface area contributed by atoms with E-state index in [9.17, 15) is 23.6 Å². The molecule has 0 heterocycles. The molecule has 8 heteroatoms. The lowest BCUT2D eigenvalue weighted by Crippen LogP contribution is -2.47. The van der Waals surface area contributed by atoms with E-state index in [-0.39, 0.29) is 55.1 Å². The summed E-state index contributed by atoms with van der Waals surface area (Å²) in [4.78, 5) is 51.0. The number of benzene rings is 3. The second-order valence-electron chi connectivity index (χ2n) is 11.0. The Morgan fingerprint density at radius 3 is 2.20 bits per heavy atom. The van der Waals surface area contributed by atoms with Crippen LogP contribution in [0.1, 0.15) is 62.4 Å².